The third kappa shape index (κ3) is 7.10. The second-order valence-electron chi connectivity index (χ2n) is 11.9. The molecule has 2 saturated heterocycles. The number of carbonyl (C=O) groups is 2. The van der Waals surface area contributed by atoms with Crippen LogP contribution >= 0.6 is 0 Å². The van der Waals surface area contributed by atoms with Crippen molar-refractivity contribution in [2.45, 2.75) is 64.7 Å². The van der Waals surface area contributed by atoms with Gasteiger partial charge in [0.1, 0.15) is 18.8 Å². The fourth-order valence-corrected chi connectivity index (χ4v) is 5.92. The van der Waals surface area contributed by atoms with Gasteiger partial charge in [-0.05, 0) is 57.9 Å². The number of piperazine rings is 1. The van der Waals surface area contributed by atoms with Crippen LogP contribution in [0.4, 0.5) is 15.1 Å². The molecule has 0 radical (unpaired) electrons. The Kier molecular flexibility index (Phi) is 9.21. The molecule has 0 aromatic carbocycles. The lowest BCUT2D eigenvalue weighted by atomic mass is 9.95. The van der Waals surface area contributed by atoms with E-state index in [0.29, 0.717) is 18.9 Å². The van der Waals surface area contributed by atoms with E-state index in [4.69, 9.17) is 9.72 Å². The summed E-state index contributed by atoms with van der Waals surface area (Å²) in [6.07, 6.45) is 7.80. The normalized spacial score (nSPS) is 22.2. The number of halogens is 1. The van der Waals surface area contributed by atoms with E-state index in [-0.39, 0.29) is 31.1 Å². The number of amides is 2. The van der Waals surface area contributed by atoms with E-state index in [9.17, 15) is 14.0 Å². The predicted molar refractivity (Wildman–Crippen MR) is 163 cm³/mol. The monoisotopic (exact) mass is 597 g/mol. The van der Waals surface area contributed by atoms with E-state index in [1.165, 1.54) is 13.8 Å². The highest BCUT2D eigenvalue weighted by molar-refractivity contribution is 5.80. The molecule has 6 heterocycles. The van der Waals surface area contributed by atoms with Gasteiger partial charge in [0.15, 0.2) is 5.65 Å². The van der Waals surface area contributed by atoms with Crippen molar-refractivity contribution in [3.05, 3.63) is 41.9 Å². The number of anilines is 1. The van der Waals surface area contributed by atoms with Crippen LogP contribution in [0.5, 0.6) is 0 Å². The van der Waals surface area contributed by atoms with Gasteiger partial charge in [0.2, 0.25) is 11.9 Å². The van der Waals surface area contributed by atoms with Crippen LogP contribution < -0.4 is 10.7 Å². The van der Waals surface area contributed by atoms with Crippen LogP contribution in [0, 0.1) is 0 Å². The van der Waals surface area contributed by atoms with Gasteiger partial charge in [-0.1, -0.05) is 19.9 Å². The molecule has 0 aliphatic carbocycles. The van der Waals surface area contributed by atoms with Crippen molar-refractivity contribution in [2.24, 2.45) is 0 Å². The molecule has 4 aliphatic heterocycles. The number of nitrogens with one attached hydrogen (secondary N) is 2. The van der Waals surface area contributed by atoms with Crippen molar-refractivity contribution in [3.63, 3.8) is 0 Å². The first-order valence-electron chi connectivity index (χ1n) is 15.3. The number of nitrogens with zero attached hydrogens (tertiary/aromatic N) is 7. The minimum atomic E-state index is -1.56. The Morgan fingerprint density at radius 1 is 1.19 bits per heavy atom. The SMILES string of the molecule is CC.CN1CCN(C(=O)CN2C=C(Nc3nc4c(C5=CC6CCC(C5)N6C(=O)OCC(C)(C)F)cccn4n3)CN2)CC1. The van der Waals surface area contributed by atoms with Crippen LogP contribution in [0.3, 0.4) is 0 Å². The Hall–Kier alpha value is -3.71. The minimum absolute atomic E-state index is 0.00487. The Morgan fingerprint density at radius 2 is 1.95 bits per heavy atom. The second-order valence-corrected chi connectivity index (χ2v) is 11.9. The number of pyridine rings is 1. The van der Waals surface area contributed by atoms with Gasteiger partial charge in [-0.25, -0.2) is 19.1 Å². The van der Waals surface area contributed by atoms with E-state index >= 15 is 0 Å². The molecule has 2 amide bonds. The third-order valence-electron chi connectivity index (χ3n) is 8.07. The fourth-order valence-electron chi connectivity index (χ4n) is 5.92. The molecule has 0 saturated carbocycles. The number of hydrogen-bond acceptors (Lipinski definition) is 9. The first kappa shape index (κ1) is 30.7. The molecule has 2 aromatic rings. The van der Waals surface area contributed by atoms with Crippen LogP contribution in [-0.2, 0) is 9.53 Å². The number of alkyl halides is 1. The summed E-state index contributed by atoms with van der Waals surface area (Å²) < 4.78 is 20.9. The molecule has 13 heteroatoms. The van der Waals surface area contributed by atoms with Gasteiger partial charge < -0.3 is 24.9 Å². The predicted octanol–water partition coefficient (Wildman–Crippen LogP) is 3.11. The van der Waals surface area contributed by atoms with Crippen molar-refractivity contribution in [2.75, 3.05) is 58.2 Å². The van der Waals surface area contributed by atoms with E-state index < -0.39 is 11.8 Å². The summed E-state index contributed by atoms with van der Waals surface area (Å²) in [5.74, 6) is 0.572. The van der Waals surface area contributed by atoms with Crippen molar-refractivity contribution in [3.8, 4) is 0 Å². The van der Waals surface area contributed by atoms with Crippen LogP contribution in [0.25, 0.3) is 11.2 Å². The molecule has 2 unspecified atom stereocenters. The summed E-state index contributed by atoms with van der Waals surface area (Å²) in [5, 5.41) is 9.72. The molecule has 43 heavy (non-hydrogen) atoms. The van der Waals surface area contributed by atoms with Gasteiger partial charge in [0.05, 0.1) is 18.3 Å². The standard InChI is InChI=1S/C28H38FN9O3.C2H6/c1-28(2,29)18-41-27(40)38-21-6-7-22(38)14-19(13-21)23-5-4-8-37-25(23)32-26(33-37)31-20-15-30-36(16-20)17-24(39)35-11-9-34(3)10-12-35;1-2/h4-5,8,13,16,21-22,30H,6-7,9-12,14-15,17-18H2,1-3H3,(H,31,33);1-2H3. The lowest BCUT2D eigenvalue weighted by Gasteiger charge is -2.33. The smallest absolute Gasteiger partial charge is 0.410 e. The number of ether oxygens (including phenoxy) is 1. The van der Waals surface area contributed by atoms with Crippen molar-refractivity contribution >= 4 is 29.2 Å². The summed E-state index contributed by atoms with van der Waals surface area (Å²) in [4.78, 5) is 36.1. The minimum Gasteiger partial charge on any atom is -0.446 e. The van der Waals surface area contributed by atoms with Crippen LogP contribution in [0.1, 0.15) is 52.5 Å². The lowest BCUT2D eigenvalue weighted by Crippen LogP contribution is -2.50. The van der Waals surface area contributed by atoms with Gasteiger partial charge in [0, 0.05) is 50.2 Å². The molecular weight excluding hydrogens is 553 g/mol. The third-order valence-corrected chi connectivity index (χ3v) is 8.07. The molecule has 2 aromatic heterocycles. The summed E-state index contributed by atoms with van der Waals surface area (Å²) in [7, 11) is 2.07. The molecule has 6 rings (SSSR count). The Morgan fingerprint density at radius 3 is 2.67 bits per heavy atom. The van der Waals surface area contributed by atoms with Crippen molar-refractivity contribution < 1.29 is 18.7 Å². The van der Waals surface area contributed by atoms with Gasteiger partial charge in [0.25, 0.3) is 0 Å². The van der Waals surface area contributed by atoms with Gasteiger partial charge in [-0.2, -0.15) is 4.98 Å². The summed E-state index contributed by atoms with van der Waals surface area (Å²) in [6, 6.07) is 3.88. The highest BCUT2D eigenvalue weighted by Crippen LogP contribution is 2.40. The van der Waals surface area contributed by atoms with Gasteiger partial charge in [-0.15, -0.1) is 5.10 Å². The largest absolute Gasteiger partial charge is 0.446 e. The van der Waals surface area contributed by atoms with E-state index in [1.807, 2.05) is 43.3 Å². The fraction of sp³-hybridized carbons (Fsp3) is 0.600. The molecule has 12 nitrogen and oxygen atoms in total. The van der Waals surface area contributed by atoms with Gasteiger partial charge >= 0.3 is 6.09 Å². The topological polar surface area (TPSA) is 111 Å². The average molecular weight is 598 g/mol. The molecule has 234 valence electrons. The Bertz CT molecular complexity index is 1380. The van der Waals surface area contributed by atoms with Crippen LogP contribution in [-0.4, -0.2) is 117 Å². The van der Waals surface area contributed by atoms with Crippen LogP contribution in [0.15, 0.2) is 36.3 Å². The van der Waals surface area contributed by atoms with Gasteiger partial charge in [-0.3, -0.25) is 9.69 Å². The Labute approximate surface area is 252 Å². The maximum Gasteiger partial charge on any atom is 0.410 e. The lowest BCUT2D eigenvalue weighted by molar-refractivity contribution is -0.133. The maximum absolute atomic E-state index is 13.9. The number of aromatic nitrogens is 3. The van der Waals surface area contributed by atoms with Crippen molar-refractivity contribution in [1.29, 1.82) is 0 Å². The molecule has 2 bridgehead atoms. The van der Waals surface area contributed by atoms with E-state index in [0.717, 1.165) is 61.5 Å². The molecule has 2 atom stereocenters. The number of hydrazine groups is 1. The zero-order valence-corrected chi connectivity index (χ0v) is 25.8. The number of likely N-dealkylation sites (N-methyl/N-ethyl adjacent to an activating group) is 1. The number of rotatable bonds is 7. The average Bonchev–Trinajstić information content (AvgIpc) is 3.67. The zero-order chi connectivity index (χ0) is 30.7. The first-order chi connectivity index (χ1) is 20.6. The highest BCUT2D eigenvalue weighted by Gasteiger charge is 2.41. The maximum atomic E-state index is 13.9. The highest BCUT2D eigenvalue weighted by atomic mass is 19.1. The molecule has 2 N–H and O–H groups in total. The zero-order valence-electron chi connectivity index (χ0n) is 25.8. The second kappa shape index (κ2) is 12.9. The number of hydrogen-bond donors (Lipinski definition) is 2. The van der Waals surface area contributed by atoms with Crippen molar-refractivity contribution in [1.82, 2.24) is 39.7 Å². The van der Waals surface area contributed by atoms with E-state index in [2.05, 4.69) is 33.9 Å². The summed E-state index contributed by atoms with van der Waals surface area (Å²) in [6.45, 7) is 10.6. The quantitative estimate of drug-likeness (QED) is 0.498. The van der Waals surface area contributed by atoms with E-state index in [1.54, 1.807) is 14.4 Å². The molecule has 2 fully saturated rings. The molecule has 4 aliphatic rings. The summed E-state index contributed by atoms with van der Waals surface area (Å²) >= 11 is 0. The molecule has 0 spiro atoms. The molecular formula is C30H44FN9O3. The summed E-state index contributed by atoms with van der Waals surface area (Å²) in [5.41, 5.74) is 5.36. The first-order valence-corrected chi connectivity index (χ1v) is 15.3. The van der Waals surface area contributed by atoms with Crippen LogP contribution in [0.2, 0.25) is 0 Å². The number of carbonyl (C=O) groups excluding carboxylic acids is 2. The Balaban J connectivity index is 0.00000180. The number of fused-ring (bicyclic) bond motifs is 3.